The molecule has 0 N–H and O–H groups in total. The van der Waals surface area contributed by atoms with Gasteiger partial charge in [0.2, 0.25) is 0 Å². The fourth-order valence-electron chi connectivity index (χ4n) is 4.50. The lowest BCUT2D eigenvalue weighted by molar-refractivity contribution is 0.984. The van der Waals surface area contributed by atoms with Crippen LogP contribution in [0.2, 0.25) is 0 Å². The van der Waals surface area contributed by atoms with E-state index in [9.17, 15) is 0 Å². The Hall–Kier alpha value is -3.36. The topological polar surface area (TPSA) is 3.24 Å². The van der Waals surface area contributed by atoms with E-state index in [1.165, 1.54) is 48.4 Å². The minimum atomic E-state index is 1.11. The molecule has 4 aromatic carbocycles. The predicted octanol–water partition coefficient (Wildman–Crippen LogP) is 8.48. The highest BCUT2D eigenvalue weighted by atomic mass is 32.1. The molecule has 1 aliphatic carbocycles. The molecule has 2 heteroatoms. The maximum Gasteiger partial charge on any atom is 0.0536 e. The lowest BCUT2D eigenvalue weighted by Crippen LogP contribution is -2.12. The third-order valence-corrected chi connectivity index (χ3v) is 7.06. The maximum absolute atomic E-state index is 2.40. The van der Waals surface area contributed by atoms with Crippen LogP contribution in [0.4, 0.5) is 17.1 Å². The summed E-state index contributed by atoms with van der Waals surface area (Å²) in [5, 5.41) is 2.66. The summed E-state index contributed by atoms with van der Waals surface area (Å²) in [5.41, 5.74) is 6.39. The number of fused-ring (bicyclic) bond motifs is 4. The molecule has 5 aromatic rings. The summed E-state index contributed by atoms with van der Waals surface area (Å²) in [6.45, 7) is 0. The molecule has 0 atom stereocenters. The molecule has 0 spiro atoms. The second-order valence-corrected chi connectivity index (χ2v) is 8.82. The van der Waals surface area contributed by atoms with Crippen LogP contribution in [0.25, 0.3) is 26.2 Å². The van der Waals surface area contributed by atoms with Crippen molar-refractivity contribution in [2.45, 2.75) is 12.8 Å². The average Bonchev–Trinajstić information content (AvgIpc) is 3.18. The van der Waals surface area contributed by atoms with Crippen molar-refractivity contribution in [1.82, 2.24) is 0 Å². The molecule has 6 rings (SSSR count). The van der Waals surface area contributed by atoms with Gasteiger partial charge in [-0.2, -0.15) is 0 Å². The highest BCUT2D eigenvalue weighted by Gasteiger charge is 2.19. The average molecular weight is 404 g/mol. The number of anilines is 3. The molecule has 0 saturated carbocycles. The molecule has 1 heterocycles. The highest BCUT2D eigenvalue weighted by molar-refractivity contribution is 7.25. The van der Waals surface area contributed by atoms with Crippen LogP contribution in [-0.2, 0) is 6.42 Å². The van der Waals surface area contributed by atoms with Gasteiger partial charge >= 0.3 is 0 Å². The summed E-state index contributed by atoms with van der Waals surface area (Å²) in [4.78, 5) is 2.40. The van der Waals surface area contributed by atoms with Crippen LogP contribution in [0, 0.1) is 0 Å². The van der Waals surface area contributed by atoms with Gasteiger partial charge < -0.3 is 4.90 Å². The SMILES string of the molecule is C1=Cc2c(cccc2N(c2ccccc2)c2ccc3sc4ccccc4c3c2)CC1. The Balaban J connectivity index is 1.61. The minimum Gasteiger partial charge on any atom is -0.310 e. The lowest BCUT2D eigenvalue weighted by Gasteiger charge is -2.29. The van der Waals surface area contributed by atoms with Crippen LogP contribution in [0.3, 0.4) is 0 Å². The van der Waals surface area contributed by atoms with Crippen LogP contribution in [0.15, 0.2) is 97.1 Å². The van der Waals surface area contributed by atoms with E-state index in [1.54, 1.807) is 0 Å². The van der Waals surface area contributed by atoms with E-state index >= 15 is 0 Å². The van der Waals surface area contributed by atoms with Gasteiger partial charge in [-0.15, -0.1) is 11.3 Å². The number of thiophene rings is 1. The number of rotatable bonds is 3. The van der Waals surface area contributed by atoms with Gasteiger partial charge in [0.1, 0.15) is 0 Å². The van der Waals surface area contributed by atoms with E-state index < -0.39 is 0 Å². The molecule has 0 amide bonds. The van der Waals surface area contributed by atoms with E-state index in [0.717, 1.165) is 12.8 Å². The first-order valence-corrected chi connectivity index (χ1v) is 11.2. The predicted molar refractivity (Wildman–Crippen MR) is 131 cm³/mol. The van der Waals surface area contributed by atoms with Gasteiger partial charge in [-0.25, -0.2) is 0 Å². The Morgan fingerprint density at radius 1 is 0.667 bits per heavy atom. The van der Waals surface area contributed by atoms with Gasteiger partial charge in [0.25, 0.3) is 0 Å². The molecule has 0 bridgehead atoms. The third kappa shape index (κ3) is 2.84. The van der Waals surface area contributed by atoms with Crippen LogP contribution < -0.4 is 4.90 Å². The van der Waals surface area contributed by atoms with Crippen LogP contribution in [0.5, 0.6) is 0 Å². The number of allylic oxidation sites excluding steroid dienone is 1. The molecule has 0 fully saturated rings. The molecule has 0 saturated heterocycles. The van der Waals surface area contributed by atoms with Crippen molar-refractivity contribution in [2.75, 3.05) is 4.90 Å². The fraction of sp³-hybridized carbons (Fsp3) is 0.0714. The van der Waals surface area contributed by atoms with Crippen LogP contribution in [0.1, 0.15) is 17.5 Å². The zero-order valence-electron chi connectivity index (χ0n) is 16.6. The van der Waals surface area contributed by atoms with E-state index in [4.69, 9.17) is 0 Å². The zero-order chi connectivity index (χ0) is 19.9. The van der Waals surface area contributed by atoms with Crippen molar-refractivity contribution in [3.8, 4) is 0 Å². The molecular weight excluding hydrogens is 382 g/mol. The number of aryl methyl sites for hydroxylation is 1. The van der Waals surface area contributed by atoms with Crippen LogP contribution >= 0.6 is 11.3 Å². The molecule has 0 radical (unpaired) electrons. The quantitative estimate of drug-likeness (QED) is 0.292. The first-order valence-electron chi connectivity index (χ1n) is 10.4. The van der Waals surface area contributed by atoms with Crippen molar-refractivity contribution >= 4 is 54.6 Å². The first kappa shape index (κ1) is 17.5. The van der Waals surface area contributed by atoms with Crippen molar-refractivity contribution < 1.29 is 0 Å². The van der Waals surface area contributed by atoms with Gasteiger partial charge in [-0.3, -0.25) is 0 Å². The summed E-state index contributed by atoms with van der Waals surface area (Å²) in [6, 6.07) is 33.0. The third-order valence-electron chi connectivity index (χ3n) is 5.91. The summed E-state index contributed by atoms with van der Waals surface area (Å²) >= 11 is 1.87. The number of para-hydroxylation sites is 1. The van der Waals surface area contributed by atoms with Gasteiger partial charge in [-0.1, -0.05) is 60.7 Å². The first-order chi connectivity index (χ1) is 14.9. The monoisotopic (exact) mass is 403 g/mol. The van der Waals surface area contributed by atoms with Crippen molar-refractivity contribution in [1.29, 1.82) is 0 Å². The maximum atomic E-state index is 2.40. The summed E-state index contributed by atoms with van der Waals surface area (Å²) < 4.78 is 2.68. The normalized spacial score (nSPS) is 12.9. The van der Waals surface area contributed by atoms with Crippen molar-refractivity contribution in [2.24, 2.45) is 0 Å². The van der Waals surface area contributed by atoms with E-state index in [0.29, 0.717) is 0 Å². The smallest absolute Gasteiger partial charge is 0.0536 e. The molecular formula is C28H21NS. The van der Waals surface area contributed by atoms with Gasteiger partial charge in [0, 0.05) is 37.1 Å². The lowest BCUT2D eigenvalue weighted by atomic mass is 9.95. The Morgan fingerprint density at radius 2 is 1.50 bits per heavy atom. The fourth-order valence-corrected chi connectivity index (χ4v) is 5.59. The Bertz CT molecular complexity index is 1390. The van der Waals surface area contributed by atoms with Gasteiger partial charge in [-0.05, 0) is 60.9 Å². The number of hydrogen-bond acceptors (Lipinski definition) is 2. The molecule has 1 nitrogen and oxygen atoms in total. The summed E-state index contributed by atoms with van der Waals surface area (Å²) in [7, 11) is 0. The highest BCUT2D eigenvalue weighted by Crippen LogP contribution is 2.42. The summed E-state index contributed by atoms with van der Waals surface area (Å²) in [6.07, 6.45) is 6.82. The largest absolute Gasteiger partial charge is 0.310 e. The minimum absolute atomic E-state index is 1.11. The van der Waals surface area contributed by atoms with E-state index in [1.807, 2.05) is 11.3 Å². The zero-order valence-corrected chi connectivity index (χ0v) is 17.4. The standard InChI is InChI=1S/C28H21NS/c1-2-11-21(12-3-1)29(26-15-8-10-20-9-4-5-13-23(20)26)22-17-18-28-25(19-22)24-14-6-7-16-27(24)30-28/h1-3,5-8,10-19H,4,9H2. The van der Waals surface area contributed by atoms with Gasteiger partial charge in [0.15, 0.2) is 0 Å². The molecule has 0 aliphatic heterocycles. The molecule has 1 aliphatic rings. The molecule has 0 unspecified atom stereocenters. The summed E-state index contributed by atoms with van der Waals surface area (Å²) in [5.74, 6) is 0. The molecule has 144 valence electrons. The molecule has 30 heavy (non-hydrogen) atoms. The number of nitrogens with zero attached hydrogens (tertiary/aromatic N) is 1. The second kappa shape index (κ2) is 7.16. The van der Waals surface area contributed by atoms with E-state index in [-0.39, 0.29) is 0 Å². The van der Waals surface area contributed by atoms with Crippen molar-refractivity contribution in [3.63, 3.8) is 0 Å². The Kier molecular flexibility index (Phi) is 4.17. The number of hydrogen-bond donors (Lipinski definition) is 0. The second-order valence-electron chi connectivity index (χ2n) is 7.74. The van der Waals surface area contributed by atoms with Gasteiger partial charge in [0.05, 0.1) is 5.69 Å². The van der Waals surface area contributed by atoms with E-state index in [2.05, 4.69) is 108 Å². The Morgan fingerprint density at radius 3 is 2.43 bits per heavy atom. The number of benzene rings is 4. The molecule has 1 aromatic heterocycles. The Labute approximate surface area is 180 Å². The van der Waals surface area contributed by atoms with Crippen molar-refractivity contribution in [3.05, 3.63) is 108 Å². The van der Waals surface area contributed by atoms with Crippen LogP contribution in [-0.4, -0.2) is 0 Å².